The van der Waals surface area contributed by atoms with E-state index in [1.54, 1.807) is 0 Å². The van der Waals surface area contributed by atoms with Crippen molar-refractivity contribution < 1.29 is 9.15 Å². The molecule has 0 aliphatic carbocycles. The lowest BCUT2D eigenvalue weighted by Crippen LogP contribution is -2.13. The van der Waals surface area contributed by atoms with Crippen molar-refractivity contribution in [1.29, 1.82) is 0 Å². The molecule has 108 valence electrons. The zero-order chi connectivity index (χ0) is 14.2. The van der Waals surface area contributed by atoms with Crippen molar-refractivity contribution in [3.05, 3.63) is 58.0 Å². The van der Waals surface area contributed by atoms with Crippen LogP contribution in [0.1, 0.15) is 30.4 Å². The molecule has 0 unspecified atom stereocenters. The molecule has 2 aromatic rings. The van der Waals surface area contributed by atoms with Crippen LogP contribution in [0.15, 0.2) is 45.3 Å². The minimum Gasteiger partial charge on any atom is -0.462 e. The van der Waals surface area contributed by atoms with E-state index >= 15 is 0 Å². The van der Waals surface area contributed by atoms with Crippen LogP contribution in [0.5, 0.6) is 0 Å². The van der Waals surface area contributed by atoms with E-state index in [1.807, 2.05) is 36.4 Å². The molecule has 0 fully saturated rings. The van der Waals surface area contributed by atoms with Crippen LogP contribution in [0.2, 0.25) is 0 Å². The van der Waals surface area contributed by atoms with Gasteiger partial charge in [0.2, 0.25) is 0 Å². The van der Waals surface area contributed by atoms with Crippen LogP contribution in [-0.2, 0) is 24.5 Å². The Morgan fingerprint density at radius 1 is 1.05 bits per heavy atom. The molecular formula is C16H20BrNO2. The summed E-state index contributed by atoms with van der Waals surface area (Å²) >= 11 is 3.42. The van der Waals surface area contributed by atoms with Crippen molar-refractivity contribution in [3.8, 4) is 0 Å². The second-order valence-electron chi connectivity index (χ2n) is 4.66. The number of furan rings is 1. The molecule has 0 aliphatic heterocycles. The Balaban J connectivity index is 1.72. The van der Waals surface area contributed by atoms with Crippen LogP contribution >= 0.6 is 15.9 Å². The van der Waals surface area contributed by atoms with E-state index in [0.29, 0.717) is 13.2 Å². The minimum absolute atomic E-state index is 0.504. The normalized spacial score (nSPS) is 10.9. The standard InChI is InChI=1S/C16H20BrNO2/c1-2-9-18-10-15-7-8-16(20-15)12-19-11-13-3-5-14(17)6-4-13/h3-8,18H,2,9-12H2,1H3. The first-order valence-corrected chi connectivity index (χ1v) is 7.67. The van der Waals surface area contributed by atoms with Gasteiger partial charge in [-0.15, -0.1) is 0 Å². The molecule has 1 aromatic carbocycles. The second-order valence-corrected chi connectivity index (χ2v) is 5.58. The molecular weight excluding hydrogens is 318 g/mol. The SMILES string of the molecule is CCCNCc1ccc(COCc2ccc(Br)cc2)o1. The summed E-state index contributed by atoms with van der Waals surface area (Å²) in [6.45, 7) is 5.04. The highest BCUT2D eigenvalue weighted by Gasteiger charge is 2.02. The highest BCUT2D eigenvalue weighted by Crippen LogP contribution is 2.13. The van der Waals surface area contributed by atoms with E-state index in [2.05, 4.69) is 28.2 Å². The van der Waals surface area contributed by atoms with Crippen LogP contribution < -0.4 is 5.32 Å². The van der Waals surface area contributed by atoms with Crippen molar-refractivity contribution in [2.75, 3.05) is 6.54 Å². The molecule has 0 atom stereocenters. The molecule has 1 heterocycles. The first kappa shape index (κ1) is 15.3. The van der Waals surface area contributed by atoms with Gasteiger partial charge in [-0.1, -0.05) is 35.0 Å². The van der Waals surface area contributed by atoms with Gasteiger partial charge in [0, 0.05) is 4.47 Å². The Labute approximate surface area is 128 Å². The van der Waals surface area contributed by atoms with Gasteiger partial charge in [-0.05, 0) is 42.8 Å². The average Bonchev–Trinajstić information content (AvgIpc) is 2.89. The fourth-order valence-electron chi connectivity index (χ4n) is 1.83. The summed E-state index contributed by atoms with van der Waals surface area (Å²) in [6.07, 6.45) is 1.13. The first-order valence-electron chi connectivity index (χ1n) is 6.88. The Morgan fingerprint density at radius 2 is 1.80 bits per heavy atom. The maximum Gasteiger partial charge on any atom is 0.129 e. The summed E-state index contributed by atoms with van der Waals surface area (Å²) in [5.41, 5.74) is 1.16. The van der Waals surface area contributed by atoms with Gasteiger partial charge in [-0.2, -0.15) is 0 Å². The molecule has 0 radical (unpaired) electrons. The van der Waals surface area contributed by atoms with Crippen molar-refractivity contribution in [2.45, 2.75) is 33.1 Å². The zero-order valence-electron chi connectivity index (χ0n) is 11.7. The summed E-state index contributed by atoms with van der Waals surface area (Å²) < 4.78 is 12.4. The van der Waals surface area contributed by atoms with E-state index < -0.39 is 0 Å². The van der Waals surface area contributed by atoms with Gasteiger partial charge < -0.3 is 14.5 Å². The van der Waals surface area contributed by atoms with E-state index in [-0.39, 0.29) is 0 Å². The topological polar surface area (TPSA) is 34.4 Å². The van der Waals surface area contributed by atoms with Crippen LogP contribution in [-0.4, -0.2) is 6.54 Å². The predicted molar refractivity (Wildman–Crippen MR) is 83.3 cm³/mol. The van der Waals surface area contributed by atoms with E-state index in [0.717, 1.165) is 41.1 Å². The van der Waals surface area contributed by atoms with Crippen LogP contribution in [0, 0.1) is 0 Å². The molecule has 2 rings (SSSR count). The summed E-state index contributed by atoms with van der Waals surface area (Å²) in [4.78, 5) is 0. The third-order valence-electron chi connectivity index (χ3n) is 2.87. The number of benzene rings is 1. The molecule has 20 heavy (non-hydrogen) atoms. The number of nitrogens with one attached hydrogen (secondary N) is 1. The van der Waals surface area contributed by atoms with Crippen molar-refractivity contribution in [1.82, 2.24) is 5.32 Å². The summed E-state index contributed by atoms with van der Waals surface area (Å²) in [5, 5.41) is 3.31. The number of ether oxygens (including phenoxy) is 1. The van der Waals surface area contributed by atoms with Gasteiger partial charge in [-0.25, -0.2) is 0 Å². The average molecular weight is 338 g/mol. The molecule has 0 saturated carbocycles. The van der Waals surface area contributed by atoms with Gasteiger partial charge in [0.15, 0.2) is 0 Å². The smallest absolute Gasteiger partial charge is 0.129 e. The number of rotatable bonds is 8. The molecule has 4 heteroatoms. The molecule has 1 N–H and O–H groups in total. The van der Waals surface area contributed by atoms with Crippen molar-refractivity contribution in [3.63, 3.8) is 0 Å². The van der Waals surface area contributed by atoms with Crippen LogP contribution in [0.3, 0.4) is 0 Å². The lowest BCUT2D eigenvalue weighted by Gasteiger charge is -2.03. The molecule has 0 aliphatic rings. The molecule has 0 saturated heterocycles. The van der Waals surface area contributed by atoms with E-state index in [1.165, 1.54) is 0 Å². The zero-order valence-corrected chi connectivity index (χ0v) is 13.3. The Bertz CT molecular complexity index is 507. The maximum absolute atomic E-state index is 5.69. The van der Waals surface area contributed by atoms with Gasteiger partial charge >= 0.3 is 0 Å². The lowest BCUT2D eigenvalue weighted by atomic mass is 10.2. The second kappa shape index (κ2) is 8.25. The first-order chi connectivity index (χ1) is 9.78. The Kier molecular flexibility index (Phi) is 6.30. The Morgan fingerprint density at radius 3 is 2.55 bits per heavy atom. The molecule has 3 nitrogen and oxygen atoms in total. The van der Waals surface area contributed by atoms with Gasteiger partial charge in [0.05, 0.1) is 13.2 Å². The van der Waals surface area contributed by atoms with Crippen LogP contribution in [0.4, 0.5) is 0 Å². The predicted octanol–water partition coefficient (Wildman–Crippen LogP) is 4.26. The molecule has 0 amide bonds. The highest BCUT2D eigenvalue weighted by atomic mass is 79.9. The van der Waals surface area contributed by atoms with Gasteiger partial charge in [0.1, 0.15) is 18.1 Å². The third-order valence-corrected chi connectivity index (χ3v) is 3.40. The van der Waals surface area contributed by atoms with Crippen LogP contribution in [0.25, 0.3) is 0 Å². The molecule has 0 bridgehead atoms. The van der Waals surface area contributed by atoms with Crippen molar-refractivity contribution in [2.24, 2.45) is 0 Å². The fourth-order valence-corrected chi connectivity index (χ4v) is 2.10. The van der Waals surface area contributed by atoms with E-state index in [4.69, 9.17) is 9.15 Å². The molecule has 0 spiro atoms. The number of halogens is 1. The summed E-state index contributed by atoms with van der Waals surface area (Å²) in [6, 6.07) is 12.1. The van der Waals surface area contributed by atoms with E-state index in [9.17, 15) is 0 Å². The van der Waals surface area contributed by atoms with Crippen molar-refractivity contribution >= 4 is 15.9 Å². The Hall–Kier alpha value is -1.10. The third kappa shape index (κ3) is 5.12. The lowest BCUT2D eigenvalue weighted by molar-refractivity contribution is 0.0920. The maximum atomic E-state index is 5.69. The highest BCUT2D eigenvalue weighted by molar-refractivity contribution is 9.10. The minimum atomic E-state index is 0.504. The quantitative estimate of drug-likeness (QED) is 0.731. The fraction of sp³-hybridized carbons (Fsp3) is 0.375. The summed E-state index contributed by atoms with van der Waals surface area (Å²) in [7, 11) is 0. The van der Waals surface area contributed by atoms with Gasteiger partial charge in [-0.3, -0.25) is 0 Å². The summed E-state index contributed by atoms with van der Waals surface area (Å²) in [5.74, 6) is 1.83. The largest absolute Gasteiger partial charge is 0.462 e. The number of hydrogen-bond acceptors (Lipinski definition) is 3. The molecule has 1 aromatic heterocycles. The number of hydrogen-bond donors (Lipinski definition) is 1. The van der Waals surface area contributed by atoms with Gasteiger partial charge in [0.25, 0.3) is 0 Å². The monoisotopic (exact) mass is 337 g/mol.